The van der Waals surface area contributed by atoms with Crippen LogP contribution in [0.3, 0.4) is 0 Å². The Hall–Kier alpha value is -1.57. The minimum atomic E-state index is 0.762. The minimum absolute atomic E-state index is 0.762. The zero-order chi connectivity index (χ0) is 9.80. The Labute approximate surface area is 83.5 Å². The van der Waals surface area contributed by atoms with Crippen LogP contribution in [0.15, 0.2) is 36.5 Å². The number of benzene rings is 1. The van der Waals surface area contributed by atoms with Crippen LogP contribution >= 0.6 is 0 Å². The Morgan fingerprint density at radius 1 is 1.29 bits per heavy atom. The van der Waals surface area contributed by atoms with Gasteiger partial charge in [0.25, 0.3) is 0 Å². The van der Waals surface area contributed by atoms with Gasteiger partial charge < -0.3 is 4.74 Å². The fourth-order valence-electron chi connectivity index (χ4n) is 1.36. The molecule has 0 fully saturated rings. The maximum absolute atomic E-state index is 5.52. The van der Waals surface area contributed by atoms with Crippen molar-refractivity contribution in [1.29, 1.82) is 0 Å². The summed E-state index contributed by atoms with van der Waals surface area (Å²) >= 11 is 0. The second kappa shape index (κ2) is 4.09. The van der Waals surface area contributed by atoms with Crippen molar-refractivity contribution >= 4 is 10.9 Å². The molecule has 72 valence electrons. The molecule has 0 radical (unpaired) electrons. The summed E-state index contributed by atoms with van der Waals surface area (Å²) in [5.41, 5.74) is 0.987. The van der Waals surface area contributed by atoms with Crippen molar-refractivity contribution in [1.82, 2.24) is 4.98 Å². The van der Waals surface area contributed by atoms with Gasteiger partial charge in [0.2, 0.25) is 0 Å². The van der Waals surface area contributed by atoms with Gasteiger partial charge in [-0.25, -0.2) is 0 Å². The molecule has 0 saturated heterocycles. The number of ether oxygens (including phenoxy) is 1. The third-order valence-corrected chi connectivity index (χ3v) is 2.05. The molecule has 0 atom stereocenters. The van der Waals surface area contributed by atoms with Crippen LogP contribution in [0.1, 0.15) is 13.3 Å². The number of hydrogen-bond donors (Lipinski definition) is 0. The van der Waals surface area contributed by atoms with Gasteiger partial charge in [0.05, 0.1) is 12.1 Å². The summed E-state index contributed by atoms with van der Waals surface area (Å²) in [6.07, 6.45) is 2.83. The number of rotatable bonds is 3. The maximum atomic E-state index is 5.52. The van der Waals surface area contributed by atoms with Crippen molar-refractivity contribution in [3.8, 4) is 5.75 Å². The molecule has 0 N–H and O–H groups in total. The Kier molecular flexibility index (Phi) is 2.63. The van der Waals surface area contributed by atoms with Crippen molar-refractivity contribution < 1.29 is 4.74 Å². The number of aromatic nitrogens is 1. The summed E-state index contributed by atoms with van der Waals surface area (Å²) in [7, 11) is 0. The quantitative estimate of drug-likeness (QED) is 0.736. The molecule has 0 bridgehead atoms. The molecule has 2 heteroatoms. The van der Waals surface area contributed by atoms with Crippen molar-refractivity contribution in [2.45, 2.75) is 13.3 Å². The lowest BCUT2D eigenvalue weighted by Crippen LogP contribution is -1.94. The first-order chi connectivity index (χ1) is 6.90. The zero-order valence-corrected chi connectivity index (χ0v) is 8.23. The van der Waals surface area contributed by atoms with Crippen LogP contribution in [0.25, 0.3) is 10.9 Å². The minimum Gasteiger partial charge on any atom is -0.494 e. The van der Waals surface area contributed by atoms with Crippen LogP contribution in [-0.2, 0) is 0 Å². The summed E-state index contributed by atoms with van der Waals surface area (Å²) < 4.78 is 5.52. The molecule has 0 aliphatic heterocycles. The normalized spacial score (nSPS) is 10.4. The van der Waals surface area contributed by atoms with Crippen molar-refractivity contribution in [2.75, 3.05) is 6.61 Å². The summed E-state index contributed by atoms with van der Waals surface area (Å²) in [6, 6.07) is 9.98. The molecule has 1 aromatic heterocycles. The molecule has 0 spiro atoms. The molecule has 1 aromatic carbocycles. The van der Waals surface area contributed by atoms with Crippen LogP contribution in [0.2, 0.25) is 0 Å². The predicted molar refractivity (Wildman–Crippen MR) is 57.5 cm³/mol. The van der Waals surface area contributed by atoms with Gasteiger partial charge in [-0.05, 0) is 24.6 Å². The summed E-state index contributed by atoms with van der Waals surface area (Å²) in [5, 5.41) is 1.15. The molecule has 1 heterocycles. The monoisotopic (exact) mass is 187 g/mol. The fraction of sp³-hybridized carbons (Fsp3) is 0.250. The van der Waals surface area contributed by atoms with E-state index in [4.69, 9.17) is 4.74 Å². The first-order valence-corrected chi connectivity index (χ1v) is 4.88. The average molecular weight is 187 g/mol. The lowest BCUT2D eigenvalue weighted by molar-refractivity contribution is 0.318. The van der Waals surface area contributed by atoms with Crippen LogP contribution in [0, 0.1) is 0 Å². The largest absolute Gasteiger partial charge is 0.494 e. The smallest absolute Gasteiger partial charge is 0.121 e. The Morgan fingerprint density at radius 2 is 2.21 bits per heavy atom. The number of pyridine rings is 1. The lowest BCUT2D eigenvalue weighted by atomic mass is 10.2. The van der Waals surface area contributed by atoms with E-state index in [-0.39, 0.29) is 0 Å². The van der Waals surface area contributed by atoms with Crippen LogP contribution in [0.5, 0.6) is 5.75 Å². The Bertz CT molecular complexity index is 425. The van der Waals surface area contributed by atoms with Gasteiger partial charge in [0, 0.05) is 17.6 Å². The van der Waals surface area contributed by atoms with Crippen molar-refractivity contribution in [3.05, 3.63) is 36.5 Å². The topological polar surface area (TPSA) is 22.1 Å². The predicted octanol–water partition coefficient (Wildman–Crippen LogP) is 3.02. The summed E-state index contributed by atoms with van der Waals surface area (Å²) in [5.74, 6) is 0.901. The molecule has 0 unspecified atom stereocenters. The van der Waals surface area contributed by atoms with Crippen LogP contribution in [0.4, 0.5) is 0 Å². The van der Waals surface area contributed by atoms with E-state index in [1.165, 1.54) is 0 Å². The number of hydrogen-bond acceptors (Lipinski definition) is 2. The Balaban J connectivity index is 2.32. The van der Waals surface area contributed by atoms with Gasteiger partial charge in [-0.15, -0.1) is 0 Å². The molecule has 0 amide bonds. The highest BCUT2D eigenvalue weighted by atomic mass is 16.5. The lowest BCUT2D eigenvalue weighted by Gasteiger charge is -2.04. The van der Waals surface area contributed by atoms with E-state index in [1.54, 1.807) is 6.20 Å². The van der Waals surface area contributed by atoms with E-state index in [0.29, 0.717) is 0 Å². The van der Waals surface area contributed by atoms with E-state index in [0.717, 1.165) is 29.7 Å². The first kappa shape index (κ1) is 9.00. The highest BCUT2D eigenvalue weighted by Crippen LogP contribution is 2.18. The third kappa shape index (κ3) is 1.84. The Morgan fingerprint density at radius 3 is 3.07 bits per heavy atom. The number of nitrogens with zero attached hydrogens (tertiary/aromatic N) is 1. The third-order valence-electron chi connectivity index (χ3n) is 2.05. The average Bonchev–Trinajstić information content (AvgIpc) is 2.26. The van der Waals surface area contributed by atoms with Gasteiger partial charge in [0.15, 0.2) is 0 Å². The molecule has 0 aliphatic carbocycles. The second-order valence-electron chi connectivity index (χ2n) is 3.21. The van der Waals surface area contributed by atoms with Crippen molar-refractivity contribution in [3.63, 3.8) is 0 Å². The molecule has 2 rings (SSSR count). The standard InChI is InChI=1S/C12H13NO/c1-2-8-14-11-6-5-10-4-3-7-13-12(10)9-11/h3-7,9H,2,8H2,1H3. The molecule has 14 heavy (non-hydrogen) atoms. The summed E-state index contributed by atoms with van der Waals surface area (Å²) in [4.78, 5) is 4.27. The number of fused-ring (bicyclic) bond motifs is 1. The van der Waals surface area contributed by atoms with Gasteiger partial charge in [0.1, 0.15) is 5.75 Å². The van der Waals surface area contributed by atoms with E-state index in [9.17, 15) is 0 Å². The van der Waals surface area contributed by atoms with E-state index < -0.39 is 0 Å². The molecular formula is C12H13NO. The SMILES string of the molecule is CCCOc1ccc2cccnc2c1. The van der Waals surface area contributed by atoms with Gasteiger partial charge in [-0.1, -0.05) is 13.0 Å². The van der Waals surface area contributed by atoms with Gasteiger partial charge in [-0.3, -0.25) is 4.98 Å². The fourth-order valence-corrected chi connectivity index (χ4v) is 1.36. The van der Waals surface area contributed by atoms with Crippen LogP contribution in [-0.4, -0.2) is 11.6 Å². The molecule has 0 saturated carbocycles. The molecule has 0 aliphatic rings. The first-order valence-electron chi connectivity index (χ1n) is 4.88. The van der Waals surface area contributed by atoms with E-state index in [2.05, 4.69) is 11.9 Å². The van der Waals surface area contributed by atoms with E-state index in [1.807, 2.05) is 30.3 Å². The van der Waals surface area contributed by atoms with Crippen molar-refractivity contribution in [2.24, 2.45) is 0 Å². The highest BCUT2D eigenvalue weighted by Gasteiger charge is 1.96. The molecule has 2 nitrogen and oxygen atoms in total. The van der Waals surface area contributed by atoms with Gasteiger partial charge in [-0.2, -0.15) is 0 Å². The van der Waals surface area contributed by atoms with Gasteiger partial charge >= 0.3 is 0 Å². The zero-order valence-electron chi connectivity index (χ0n) is 8.23. The maximum Gasteiger partial charge on any atom is 0.121 e. The summed E-state index contributed by atoms with van der Waals surface area (Å²) in [6.45, 7) is 2.86. The van der Waals surface area contributed by atoms with Crippen LogP contribution < -0.4 is 4.74 Å². The highest BCUT2D eigenvalue weighted by molar-refractivity contribution is 5.79. The second-order valence-corrected chi connectivity index (χ2v) is 3.21. The molecular weight excluding hydrogens is 174 g/mol. The van der Waals surface area contributed by atoms with E-state index >= 15 is 0 Å². The molecule has 2 aromatic rings.